The maximum Gasteiger partial charge on any atom is 0.271 e. The van der Waals surface area contributed by atoms with Crippen LogP contribution in [-0.2, 0) is 0 Å². The molecule has 1 aromatic rings. The lowest BCUT2D eigenvalue weighted by atomic mass is 10.1. The van der Waals surface area contributed by atoms with Crippen LogP contribution in [0, 0.1) is 0 Å². The number of hydrogen-bond acceptors (Lipinski definition) is 5. The fourth-order valence-electron chi connectivity index (χ4n) is 1.96. The van der Waals surface area contributed by atoms with Crippen molar-refractivity contribution < 1.29 is 4.79 Å². The van der Waals surface area contributed by atoms with Gasteiger partial charge in [-0.25, -0.2) is 0 Å². The molecule has 0 saturated carbocycles. The molecule has 0 spiro atoms. The molecule has 92 valence electrons. The molecule has 2 heterocycles. The highest BCUT2D eigenvalue weighted by Gasteiger charge is 2.18. The minimum Gasteiger partial charge on any atom is -0.354 e. The monoisotopic (exact) mass is 235 g/mol. The highest BCUT2D eigenvalue weighted by Crippen LogP contribution is 2.16. The number of piperidine rings is 1. The molecule has 0 aromatic carbocycles. The second-order valence-corrected chi connectivity index (χ2v) is 4.20. The Morgan fingerprint density at radius 2 is 2.35 bits per heavy atom. The van der Waals surface area contributed by atoms with Gasteiger partial charge < -0.3 is 16.0 Å². The molecule has 1 unspecified atom stereocenters. The number of rotatable bonds is 2. The molecule has 1 amide bonds. The zero-order valence-corrected chi connectivity index (χ0v) is 9.89. The zero-order valence-electron chi connectivity index (χ0n) is 9.89. The maximum absolute atomic E-state index is 11.3. The molecule has 0 bridgehead atoms. The molecule has 0 aliphatic carbocycles. The van der Waals surface area contributed by atoms with Gasteiger partial charge in [-0.05, 0) is 25.0 Å². The summed E-state index contributed by atoms with van der Waals surface area (Å²) in [6, 6.07) is 3.70. The van der Waals surface area contributed by atoms with Gasteiger partial charge in [0.1, 0.15) is 0 Å². The summed E-state index contributed by atoms with van der Waals surface area (Å²) in [5.74, 6) is 0.562. The first kappa shape index (κ1) is 11.8. The SMILES string of the molecule is CNC(=O)c1ccc(N2CCCC(N)C2)nn1. The minimum absolute atomic E-state index is 0.198. The molecule has 1 atom stereocenters. The van der Waals surface area contributed by atoms with E-state index in [0.717, 1.165) is 31.7 Å². The third-order valence-electron chi connectivity index (χ3n) is 2.89. The van der Waals surface area contributed by atoms with E-state index >= 15 is 0 Å². The minimum atomic E-state index is -0.223. The van der Waals surface area contributed by atoms with Gasteiger partial charge in [0.2, 0.25) is 0 Å². The quantitative estimate of drug-likeness (QED) is 0.739. The molecule has 1 saturated heterocycles. The Morgan fingerprint density at radius 3 is 2.94 bits per heavy atom. The molecule has 1 fully saturated rings. The topological polar surface area (TPSA) is 84.1 Å². The number of amides is 1. The van der Waals surface area contributed by atoms with E-state index < -0.39 is 0 Å². The third kappa shape index (κ3) is 2.71. The van der Waals surface area contributed by atoms with Gasteiger partial charge in [-0.15, -0.1) is 10.2 Å². The van der Waals surface area contributed by atoms with Crippen molar-refractivity contribution in [3.63, 3.8) is 0 Å². The number of nitrogens with zero attached hydrogens (tertiary/aromatic N) is 3. The number of aromatic nitrogens is 2. The van der Waals surface area contributed by atoms with Crippen molar-refractivity contribution >= 4 is 11.7 Å². The van der Waals surface area contributed by atoms with Crippen molar-refractivity contribution in [3.8, 4) is 0 Å². The van der Waals surface area contributed by atoms with Crippen LogP contribution in [0.1, 0.15) is 23.3 Å². The van der Waals surface area contributed by atoms with E-state index in [2.05, 4.69) is 20.4 Å². The van der Waals surface area contributed by atoms with E-state index in [-0.39, 0.29) is 11.9 Å². The molecular formula is C11H17N5O. The predicted octanol–water partition coefficient (Wildman–Crippen LogP) is -0.236. The van der Waals surface area contributed by atoms with Gasteiger partial charge in [0, 0.05) is 26.2 Å². The number of anilines is 1. The van der Waals surface area contributed by atoms with Crippen LogP contribution in [0.5, 0.6) is 0 Å². The van der Waals surface area contributed by atoms with E-state index in [0.29, 0.717) is 5.69 Å². The zero-order chi connectivity index (χ0) is 12.3. The second kappa shape index (κ2) is 5.09. The Kier molecular flexibility index (Phi) is 3.53. The summed E-state index contributed by atoms with van der Waals surface area (Å²) in [6.07, 6.45) is 2.13. The van der Waals surface area contributed by atoms with Gasteiger partial charge in [-0.3, -0.25) is 4.79 Å². The maximum atomic E-state index is 11.3. The van der Waals surface area contributed by atoms with Crippen molar-refractivity contribution in [3.05, 3.63) is 17.8 Å². The Labute approximate surface area is 100 Å². The molecule has 1 aromatic heterocycles. The summed E-state index contributed by atoms with van der Waals surface area (Å²) >= 11 is 0. The van der Waals surface area contributed by atoms with Gasteiger partial charge in [0.05, 0.1) is 0 Å². The average Bonchev–Trinajstić information content (AvgIpc) is 2.38. The lowest BCUT2D eigenvalue weighted by Crippen LogP contribution is -2.43. The van der Waals surface area contributed by atoms with Crippen molar-refractivity contribution in [2.45, 2.75) is 18.9 Å². The first-order valence-electron chi connectivity index (χ1n) is 5.77. The van der Waals surface area contributed by atoms with Crippen LogP contribution in [0.15, 0.2) is 12.1 Å². The van der Waals surface area contributed by atoms with Crippen LogP contribution < -0.4 is 16.0 Å². The number of nitrogens with two attached hydrogens (primary N) is 1. The number of hydrogen-bond donors (Lipinski definition) is 2. The molecule has 6 heteroatoms. The number of carbonyl (C=O) groups is 1. The largest absolute Gasteiger partial charge is 0.354 e. The summed E-state index contributed by atoms with van der Waals surface area (Å²) in [5, 5.41) is 10.5. The lowest BCUT2D eigenvalue weighted by molar-refractivity contribution is 0.0957. The van der Waals surface area contributed by atoms with Crippen LogP contribution in [0.25, 0.3) is 0 Å². The number of carbonyl (C=O) groups excluding carboxylic acids is 1. The van der Waals surface area contributed by atoms with Gasteiger partial charge in [0.25, 0.3) is 5.91 Å². The molecule has 1 aliphatic rings. The Bertz CT molecular complexity index is 391. The first-order valence-corrected chi connectivity index (χ1v) is 5.77. The van der Waals surface area contributed by atoms with Gasteiger partial charge in [-0.2, -0.15) is 0 Å². The van der Waals surface area contributed by atoms with E-state index in [9.17, 15) is 4.79 Å². The van der Waals surface area contributed by atoms with Gasteiger partial charge in [-0.1, -0.05) is 0 Å². The van der Waals surface area contributed by atoms with Gasteiger partial charge in [0.15, 0.2) is 11.5 Å². The Hall–Kier alpha value is -1.69. The van der Waals surface area contributed by atoms with Crippen LogP contribution in [0.3, 0.4) is 0 Å². The predicted molar refractivity (Wildman–Crippen MR) is 64.8 cm³/mol. The highest BCUT2D eigenvalue weighted by molar-refractivity contribution is 5.91. The van der Waals surface area contributed by atoms with E-state index in [1.165, 1.54) is 0 Å². The second-order valence-electron chi connectivity index (χ2n) is 4.20. The Balaban J connectivity index is 2.09. The average molecular weight is 235 g/mol. The van der Waals surface area contributed by atoms with Crippen molar-refractivity contribution in [2.75, 3.05) is 25.0 Å². The molecule has 6 nitrogen and oxygen atoms in total. The van der Waals surface area contributed by atoms with Gasteiger partial charge >= 0.3 is 0 Å². The molecule has 17 heavy (non-hydrogen) atoms. The fourth-order valence-corrected chi connectivity index (χ4v) is 1.96. The summed E-state index contributed by atoms with van der Waals surface area (Å²) in [7, 11) is 1.57. The van der Waals surface area contributed by atoms with Crippen molar-refractivity contribution in [2.24, 2.45) is 5.73 Å². The smallest absolute Gasteiger partial charge is 0.271 e. The van der Waals surface area contributed by atoms with Crippen LogP contribution in [-0.4, -0.2) is 42.3 Å². The normalized spacial score (nSPS) is 20.1. The van der Waals surface area contributed by atoms with Crippen LogP contribution >= 0.6 is 0 Å². The van der Waals surface area contributed by atoms with Crippen LogP contribution in [0.2, 0.25) is 0 Å². The Morgan fingerprint density at radius 1 is 1.53 bits per heavy atom. The van der Waals surface area contributed by atoms with E-state index in [4.69, 9.17) is 5.73 Å². The summed E-state index contributed by atoms with van der Waals surface area (Å²) < 4.78 is 0. The summed E-state index contributed by atoms with van der Waals surface area (Å²) in [6.45, 7) is 1.75. The number of nitrogens with one attached hydrogen (secondary N) is 1. The molecule has 2 rings (SSSR count). The standard InChI is InChI=1S/C11H17N5O/c1-13-11(17)9-4-5-10(15-14-9)16-6-2-3-8(12)7-16/h4-5,8H,2-3,6-7,12H2,1H3,(H,13,17). The van der Waals surface area contributed by atoms with Crippen molar-refractivity contribution in [1.82, 2.24) is 15.5 Å². The highest BCUT2D eigenvalue weighted by atomic mass is 16.1. The first-order chi connectivity index (χ1) is 8.20. The van der Waals surface area contributed by atoms with E-state index in [1.807, 2.05) is 6.07 Å². The van der Waals surface area contributed by atoms with E-state index in [1.54, 1.807) is 13.1 Å². The summed E-state index contributed by atoms with van der Waals surface area (Å²) in [5.41, 5.74) is 6.24. The van der Waals surface area contributed by atoms with Crippen molar-refractivity contribution in [1.29, 1.82) is 0 Å². The van der Waals surface area contributed by atoms with Crippen LogP contribution in [0.4, 0.5) is 5.82 Å². The third-order valence-corrected chi connectivity index (χ3v) is 2.89. The summed E-state index contributed by atoms with van der Waals surface area (Å²) in [4.78, 5) is 13.4. The molecule has 3 N–H and O–H groups in total. The molecular weight excluding hydrogens is 218 g/mol. The lowest BCUT2D eigenvalue weighted by Gasteiger charge is -2.31. The molecule has 0 radical (unpaired) electrons. The fraction of sp³-hybridized carbons (Fsp3) is 0.545. The molecule has 1 aliphatic heterocycles.